The van der Waals surface area contributed by atoms with Crippen LogP contribution >= 0.6 is 0 Å². The SMILES string of the molecule is CCC(C)(C)OO.CCCNC. The van der Waals surface area contributed by atoms with Crippen LogP contribution in [0.2, 0.25) is 0 Å². The summed E-state index contributed by atoms with van der Waals surface area (Å²) in [5, 5.41) is 11.1. The maximum absolute atomic E-state index is 8.09. The molecule has 0 aliphatic rings. The van der Waals surface area contributed by atoms with Gasteiger partial charge in [0.25, 0.3) is 0 Å². The Morgan fingerprint density at radius 3 is 1.83 bits per heavy atom. The van der Waals surface area contributed by atoms with Gasteiger partial charge in [-0.2, -0.15) is 0 Å². The predicted molar refractivity (Wildman–Crippen MR) is 52.3 cm³/mol. The van der Waals surface area contributed by atoms with E-state index in [-0.39, 0.29) is 5.60 Å². The lowest BCUT2D eigenvalue weighted by Gasteiger charge is -2.16. The summed E-state index contributed by atoms with van der Waals surface area (Å²) in [5.41, 5.74) is -0.361. The number of hydrogen-bond acceptors (Lipinski definition) is 3. The van der Waals surface area contributed by atoms with Crippen LogP contribution < -0.4 is 5.32 Å². The second-order valence-corrected chi connectivity index (χ2v) is 3.31. The molecule has 12 heavy (non-hydrogen) atoms. The van der Waals surface area contributed by atoms with Crippen LogP contribution in [0.3, 0.4) is 0 Å². The molecular weight excluding hydrogens is 154 g/mol. The predicted octanol–water partition coefficient (Wildman–Crippen LogP) is 2.28. The first-order valence-corrected chi connectivity index (χ1v) is 4.51. The summed E-state index contributed by atoms with van der Waals surface area (Å²) in [6.45, 7) is 8.90. The molecule has 0 unspecified atom stereocenters. The smallest absolute Gasteiger partial charge is 0.0974 e. The quantitative estimate of drug-likeness (QED) is 0.511. The lowest BCUT2D eigenvalue weighted by atomic mass is 10.1. The first kappa shape index (κ1) is 14.4. The van der Waals surface area contributed by atoms with Gasteiger partial charge in [0.1, 0.15) is 0 Å². The van der Waals surface area contributed by atoms with Crippen molar-refractivity contribution < 1.29 is 10.1 Å². The average molecular weight is 177 g/mol. The van der Waals surface area contributed by atoms with E-state index in [1.54, 1.807) is 0 Å². The normalized spacial score (nSPS) is 10.5. The molecule has 0 aliphatic carbocycles. The number of nitrogens with one attached hydrogen (secondary N) is 1. The van der Waals surface area contributed by atoms with Gasteiger partial charge in [-0.05, 0) is 40.3 Å². The molecule has 2 N–H and O–H groups in total. The number of hydrogen-bond donors (Lipinski definition) is 2. The van der Waals surface area contributed by atoms with Crippen LogP contribution in [-0.2, 0) is 4.89 Å². The van der Waals surface area contributed by atoms with Crippen LogP contribution in [-0.4, -0.2) is 24.5 Å². The van der Waals surface area contributed by atoms with Crippen molar-refractivity contribution in [2.45, 2.75) is 46.1 Å². The Kier molecular flexibility index (Phi) is 10.8. The van der Waals surface area contributed by atoms with Crippen molar-refractivity contribution in [3.05, 3.63) is 0 Å². The topological polar surface area (TPSA) is 41.5 Å². The number of rotatable bonds is 4. The van der Waals surface area contributed by atoms with Gasteiger partial charge in [-0.3, -0.25) is 5.26 Å². The van der Waals surface area contributed by atoms with Gasteiger partial charge in [-0.1, -0.05) is 13.8 Å². The summed E-state index contributed by atoms with van der Waals surface area (Å²) in [4.78, 5) is 4.09. The Labute approximate surface area is 76.1 Å². The minimum absolute atomic E-state index is 0.361. The van der Waals surface area contributed by atoms with Crippen LogP contribution in [0, 0.1) is 0 Å². The molecule has 0 atom stereocenters. The summed E-state index contributed by atoms with van der Waals surface area (Å²) < 4.78 is 0. The average Bonchev–Trinajstić information content (AvgIpc) is 2.07. The zero-order valence-electron chi connectivity index (χ0n) is 8.98. The fourth-order valence-electron chi connectivity index (χ4n) is 0.315. The Balaban J connectivity index is 0. The van der Waals surface area contributed by atoms with Crippen LogP contribution in [0.4, 0.5) is 0 Å². The Hall–Kier alpha value is -0.120. The maximum atomic E-state index is 8.09. The van der Waals surface area contributed by atoms with Gasteiger partial charge in [0.2, 0.25) is 0 Å². The van der Waals surface area contributed by atoms with Gasteiger partial charge in [0.15, 0.2) is 0 Å². The molecule has 0 saturated carbocycles. The summed E-state index contributed by atoms with van der Waals surface area (Å²) >= 11 is 0. The van der Waals surface area contributed by atoms with Gasteiger partial charge >= 0.3 is 0 Å². The fraction of sp³-hybridized carbons (Fsp3) is 1.00. The zero-order chi connectivity index (χ0) is 10.0. The molecule has 0 radical (unpaired) electrons. The van der Waals surface area contributed by atoms with E-state index in [1.807, 2.05) is 27.8 Å². The molecule has 0 bridgehead atoms. The van der Waals surface area contributed by atoms with Gasteiger partial charge in [0.05, 0.1) is 5.60 Å². The van der Waals surface area contributed by atoms with Gasteiger partial charge in [0, 0.05) is 0 Å². The van der Waals surface area contributed by atoms with Crippen LogP contribution in [0.5, 0.6) is 0 Å². The van der Waals surface area contributed by atoms with Crippen molar-refractivity contribution in [3.8, 4) is 0 Å². The van der Waals surface area contributed by atoms with E-state index in [0.29, 0.717) is 0 Å². The van der Waals surface area contributed by atoms with Crippen molar-refractivity contribution in [2.75, 3.05) is 13.6 Å². The van der Waals surface area contributed by atoms with Crippen LogP contribution in [0.1, 0.15) is 40.5 Å². The molecule has 0 fully saturated rings. The van der Waals surface area contributed by atoms with Crippen molar-refractivity contribution in [1.82, 2.24) is 5.32 Å². The van der Waals surface area contributed by atoms with Crippen molar-refractivity contribution in [2.24, 2.45) is 0 Å². The summed E-state index contributed by atoms with van der Waals surface area (Å²) in [7, 11) is 1.96. The lowest BCUT2D eigenvalue weighted by Crippen LogP contribution is -2.20. The monoisotopic (exact) mass is 177 g/mol. The van der Waals surface area contributed by atoms with E-state index in [1.165, 1.54) is 6.42 Å². The van der Waals surface area contributed by atoms with E-state index in [4.69, 9.17) is 5.26 Å². The molecule has 0 amide bonds. The highest BCUT2D eigenvalue weighted by Gasteiger charge is 2.13. The molecule has 0 spiro atoms. The van der Waals surface area contributed by atoms with E-state index >= 15 is 0 Å². The minimum atomic E-state index is -0.361. The zero-order valence-corrected chi connectivity index (χ0v) is 8.98. The first-order chi connectivity index (χ1) is 5.54. The van der Waals surface area contributed by atoms with Crippen molar-refractivity contribution in [3.63, 3.8) is 0 Å². The molecule has 0 aliphatic heterocycles. The van der Waals surface area contributed by atoms with Crippen LogP contribution in [0.15, 0.2) is 0 Å². The third-order valence-electron chi connectivity index (χ3n) is 1.60. The Morgan fingerprint density at radius 2 is 1.83 bits per heavy atom. The molecule has 0 aromatic rings. The molecule has 76 valence electrons. The molecule has 0 heterocycles. The second kappa shape index (κ2) is 8.97. The van der Waals surface area contributed by atoms with E-state index in [0.717, 1.165) is 13.0 Å². The molecule has 0 saturated heterocycles. The first-order valence-electron chi connectivity index (χ1n) is 4.51. The lowest BCUT2D eigenvalue weighted by molar-refractivity contribution is -0.313. The van der Waals surface area contributed by atoms with Gasteiger partial charge in [-0.25, -0.2) is 4.89 Å². The van der Waals surface area contributed by atoms with Crippen LogP contribution in [0.25, 0.3) is 0 Å². The molecule has 0 aromatic carbocycles. The largest absolute Gasteiger partial charge is 0.320 e. The summed E-state index contributed by atoms with van der Waals surface area (Å²) in [5.74, 6) is 0. The minimum Gasteiger partial charge on any atom is -0.320 e. The third kappa shape index (κ3) is 12.5. The summed E-state index contributed by atoms with van der Waals surface area (Å²) in [6.07, 6.45) is 2.06. The third-order valence-corrected chi connectivity index (χ3v) is 1.60. The molecular formula is C9H23NO2. The highest BCUT2D eigenvalue weighted by Crippen LogP contribution is 2.10. The highest BCUT2D eigenvalue weighted by molar-refractivity contribution is 4.61. The Bertz CT molecular complexity index is 76.6. The van der Waals surface area contributed by atoms with Gasteiger partial charge in [-0.15, -0.1) is 0 Å². The van der Waals surface area contributed by atoms with E-state index < -0.39 is 0 Å². The van der Waals surface area contributed by atoms with E-state index in [9.17, 15) is 0 Å². The summed E-state index contributed by atoms with van der Waals surface area (Å²) in [6, 6.07) is 0. The van der Waals surface area contributed by atoms with Crippen molar-refractivity contribution in [1.29, 1.82) is 0 Å². The second-order valence-electron chi connectivity index (χ2n) is 3.31. The standard InChI is InChI=1S/C5H12O2.C4H11N/c1-4-5(2,3)7-6;1-3-4-5-2/h6H,4H2,1-3H3;5H,3-4H2,1-2H3. The van der Waals surface area contributed by atoms with E-state index in [2.05, 4.69) is 17.1 Å². The molecule has 3 heteroatoms. The van der Waals surface area contributed by atoms with Gasteiger partial charge < -0.3 is 5.32 Å². The fourth-order valence-corrected chi connectivity index (χ4v) is 0.315. The molecule has 0 rings (SSSR count). The molecule has 3 nitrogen and oxygen atoms in total. The Morgan fingerprint density at radius 1 is 1.33 bits per heavy atom. The molecule has 0 aromatic heterocycles. The van der Waals surface area contributed by atoms with Crippen molar-refractivity contribution >= 4 is 0 Å². The maximum Gasteiger partial charge on any atom is 0.0974 e. The highest BCUT2D eigenvalue weighted by atomic mass is 17.1.